The average molecular weight is 221 g/mol. The molecule has 0 saturated carbocycles. The molecule has 1 heteroatoms. The molecule has 1 atom stereocenters. The minimum atomic E-state index is 0.937. The first-order chi connectivity index (χ1) is 5.35. The van der Waals surface area contributed by atoms with Crippen LogP contribution in [0.4, 0.5) is 0 Å². The minimum Gasteiger partial charge on any atom is -0.0925 e. The van der Waals surface area contributed by atoms with E-state index >= 15 is 0 Å². The fraction of sp³-hybridized carbons (Fsp3) is 1.00. The SMILES string of the molecule is CCCCCC(CBr)CCC. The molecule has 11 heavy (non-hydrogen) atoms. The Morgan fingerprint density at radius 3 is 2.18 bits per heavy atom. The highest BCUT2D eigenvalue weighted by Crippen LogP contribution is 2.17. The molecule has 0 aromatic rings. The molecule has 0 aliphatic rings. The summed E-state index contributed by atoms with van der Waals surface area (Å²) < 4.78 is 0. The number of alkyl halides is 1. The van der Waals surface area contributed by atoms with Gasteiger partial charge in [-0.3, -0.25) is 0 Å². The number of hydrogen-bond donors (Lipinski definition) is 0. The predicted molar refractivity (Wildman–Crippen MR) is 56.3 cm³/mol. The van der Waals surface area contributed by atoms with Crippen LogP contribution in [0.15, 0.2) is 0 Å². The van der Waals surface area contributed by atoms with Crippen LogP contribution in [-0.4, -0.2) is 5.33 Å². The molecule has 0 rings (SSSR count). The van der Waals surface area contributed by atoms with Crippen LogP contribution in [0, 0.1) is 5.92 Å². The van der Waals surface area contributed by atoms with Crippen LogP contribution in [0.2, 0.25) is 0 Å². The van der Waals surface area contributed by atoms with Crippen molar-refractivity contribution in [2.75, 3.05) is 5.33 Å². The molecule has 0 heterocycles. The van der Waals surface area contributed by atoms with E-state index in [0.29, 0.717) is 0 Å². The van der Waals surface area contributed by atoms with E-state index in [0.717, 1.165) is 5.92 Å². The summed E-state index contributed by atoms with van der Waals surface area (Å²) >= 11 is 3.57. The molecule has 0 radical (unpaired) electrons. The van der Waals surface area contributed by atoms with Gasteiger partial charge in [0.25, 0.3) is 0 Å². The van der Waals surface area contributed by atoms with Crippen molar-refractivity contribution in [1.29, 1.82) is 0 Å². The molecule has 0 nitrogen and oxygen atoms in total. The molecule has 0 spiro atoms. The van der Waals surface area contributed by atoms with Gasteiger partial charge in [-0.1, -0.05) is 55.5 Å². The van der Waals surface area contributed by atoms with Gasteiger partial charge in [0, 0.05) is 5.33 Å². The third-order valence-electron chi connectivity index (χ3n) is 2.13. The van der Waals surface area contributed by atoms with Gasteiger partial charge in [0.2, 0.25) is 0 Å². The maximum Gasteiger partial charge on any atom is 0.00596 e. The van der Waals surface area contributed by atoms with Crippen molar-refractivity contribution < 1.29 is 0 Å². The number of halogens is 1. The summed E-state index contributed by atoms with van der Waals surface area (Å²) in [5, 5.41) is 1.20. The molecule has 0 aromatic heterocycles. The summed E-state index contributed by atoms with van der Waals surface area (Å²) in [5.41, 5.74) is 0. The lowest BCUT2D eigenvalue weighted by molar-refractivity contribution is 0.468. The second kappa shape index (κ2) is 8.58. The van der Waals surface area contributed by atoms with Gasteiger partial charge >= 0.3 is 0 Å². The molecule has 0 aromatic carbocycles. The van der Waals surface area contributed by atoms with E-state index in [4.69, 9.17) is 0 Å². The summed E-state index contributed by atoms with van der Waals surface area (Å²) in [5.74, 6) is 0.937. The minimum absolute atomic E-state index is 0.937. The highest BCUT2D eigenvalue weighted by Gasteiger charge is 2.04. The summed E-state index contributed by atoms with van der Waals surface area (Å²) in [4.78, 5) is 0. The summed E-state index contributed by atoms with van der Waals surface area (Å²) in [6.45, 7) is 4.54. The number of unbranched alkanes of at least 4 members (excludes halogenated alkanes) is 2. The predicted octanol–water partition coefficient (Wildman–Crippen LogP) is 4.38. The second-order valence-electron chi connectivity index (χ2n) is 3.30. The van der Waals surface area contributed by atoms with E-state index in [2.05, 4.69) is 29.8 Å². The summed E-state index contributed by atoms with van der Waals surface area (Å²) in [6.07, 6.45) is 8.34. The van der Waals surface area contributed by atoms with Crippen LogP contribution >= 0.6 is 15.9 Å². The van der Waals surface area contributed by atoms with Gasteiger partial charge in [-0.15, -0.1) is 0 Å². The van der Waals surface area contributed by atoms with Gasteiger partial charge in [0.05, 0.1) is 0 Å². The monoisotopic (exact) mass is 220 g/mol. The zero-order chi connectivity index (χ0) is 8.53. The lowest BCUT2D eigenvalue weighted by Gasteiger charge is -2.11. The van der Waals surface area contributed by atoms with Gasteiger partial charge in [-0.05, 0) is 18.8 Å². The maximum atomic E-state index is 3.57. The molecule has 0 N–H and O–H groups in total. The molecule has 1 unspecified atom stereocenters. The molecular weight excluding hydrogens is 200 g/mol. The van der Waals surface area contributed by atoms with Gasteiger partial charge < -0.3 is 0 Å². The highest BCUT2D eigenvalue weighted by molar-refractivity contribution is 9.09. The van der Waals surface area contributed by atoms with Gasteiger partial charge in [-0.25, -0.2) is 0 Å². The normalized spacial score (nSPS) is 13.4. The van der Waals surface area contributed by atoms with Crippen LogP contribution in [0.25, 0.3) is 0 Å². The van der Waals surface area contributed by atoms with E-state index in [-0.39, 0.29) is 0 Å². The van der Waals surface area contributed by atoms with Crippen molar-refractivity contribution in [3.63, 3.8) is 0 Å². The van der Waals surface area contributed by atoms with Crippen molar-refractivity contribution in [3.8, 4) is 0 Å². The van der Waals surface area contributed by atoms with Crippen molar-refractivity contribution in [2.24, 2.45) is 5.92 Å². The van der Waals surface area contributed by atoms with E-state index in [1.807, 2.05) is 0 Å². The fourth-order valence-electron chi connectivity index (χ4n) is 1.39. The number of hydrogen-bond acceptors (Lipinski definition) is 0. The average Bonchev–Trinajstić information content (AvgIpc) is 2.03. The molecule has 0 aliphatic heterocycles. The van der Waals surface area contributed by atoms with E-state index in [9.17, 15) is 0 Å². The first kappa shape index (κ1) is 11.5. The second-order valence-corrected chi connectivity index (χ2v) is 3.95. The largest absolute Gasteiger partial charge is 0.0925 e. The van der Waals surface area contributed by atoms with Gasteiger partial charge in [0.15, 0.2) is 0 Å². The van der Waals surface area contributed by atoms with Gasteiger partial charge in [0.1, 0.15) is 0 Å². The molecule has 0 amide bonds. The van der Waals surface area contributed by atoms with E-state index in [1.165, 1.54) is 43.9 Å². The Kier molecular flexibility index (Phi) is 8.95. The molecule has 0 saturated heterocycles. The fourth-order valence-corrected chi connectivity index (χ4v) is 2.04. The van der Waals surface area contributed by atoms with Crippen molar-refractivity contribution >= 4 is 15.9 Å². The molecule has 0 bridgehead atoms. The Hall–Kier alpha value is 0.480. The van der Waals surface area contributed by atoms with Crippen LogP contribution in [0.5, 0.6) is 0 Å². The van der Waals surface area contributed by atoms with Crippen LogP contribution in [0.1, 0.15) is 52.4 Å². The topological polar surface area (TPSA) is 0 Å². The Labute approximate surface area is 79.9 Å². The Morgan fingerprint density at radius 1 is 1.00 bits per heavy atom. The first-order valence-corrected chi connectivity index (χ1v) is 6.03. The van der Waals surface area contributed by atoms with Crippen LogP contribution in [-0.2, 0) is 0 Å². The van der Waals surface area contributed by atoms with Crippen LogP contribution in [0.3, 0.4) is 0 Å². The van der Waals surface area contributed by atoms with E-state index in [1.54, 1.807) is 0 Å². The third-order valence-corrected chi connectivity index (χ3v) is 3.05. The van der Waals surface area contributed by atoms with Crippen molar-refractivity contribution in [2.45, 2.75) is 52.4 Å². The van der Waals surface area contributed by atoms with Crippen molar-refractivity contribution in [1.82, 2.24) is 0 Å². The zero-order valence-corrected chi connectivity index (χ0v) is 9.49. The summed E-state index contributed by atoms with van der Waals surface area (Å²) in [6, 6.07) is 0. The molecule has 0 aliphatic carbocycles. The Bertz CT molecular complexity index is 71.3. The Morgan fingerprint density at radius 2 is 1.73 bits per heavy atom. The van der Waals surface area contributed by atoms with Gasteiger partial charge in [-0.2, -0.15) is 0 Å². The molecule has 68 valence electrons. The smallest absolute Gasteiger partial charge is 0.00596 e. The molecular formula is C10H21Br. The standard InChI is InChI=1S/C10H21Br/c1-3-5-6-8-10(9-11)7-4-2/h10H,3-9H2,1-2H3. The van der Waals surface area contributed by atoms with Crippen LogP contribution < -0.4 is 0 Å². The maximum absolute atomic E-state index is 3.57. The quantitative estimate of drug-likeness (QED) is 0.442. The third kappa shape index (κ3) is 6.86. The highest BCUT2D eigenvalue weighted by atomic mass is 79.9. The zero-order valence-electron chi connectivity index (χ0n) is 7.91. The number of rotatable bonds is 7. The van der Waals surface area contributed by atoms with Crippen molar-refractivity contribution in [3.05, 3.63) is 0 Å². The first-order valence-electron chi connectivity index (χ1n) is 4.91. The molecule has 0 fully saturated rings. The lowest BCUT2D eigenvalue weighted by Crippen LogP contribution is -2.00. The van der Waals surface area contributed by atoms with E-state index < -0.39 is 0 Å². The summed E-state index contributed by atoms with van der Waals surface area (Å²) in [7, 11) is 0. The lowest BCUT2D eigenvalue weighted by atomic mass is 9.99. The Balaban J connectivity index is 3.20.